The van der Waals surface area contributed by atoms with E-state index in [4.69, 9.17) is 12.8 Å². The summed E-state index contributed by atoms with van der Waals surface area (Å²) in [7, 11) is 0. The first-order valence-corrected chi connectivity index (χ1v) is 11.1. The predicted molar refractivity (Wildman–Crippen MR) is 134 cm³/mol. The first-order valence-electron chi connectivity index (χ1n) is 11.1. The molecular weight excluding hydrogens is 470 g/mol. The van der Waals surface area contributed by atoms with Crippen molar-refractivity contribution in [1.82, 2.24) is 19.6 Å². The third kappa shape index (κ3) is 3.42. The molecule has 0 aromatic carbocycles. The fourth-order valence-electron chi connectivity index (χ4n) is 4.68. The maximum atomic E-state index is 14.3. The van der Waals surface area contributed by atoms with Crippen LogP contribution in [0, 0.1) is 24.7 Å². The molecule has 4 aliphatic heterocycles. The highest BCUT2D eigenvalue weighted by Gasteiger charge is 2.52. The highest BCUT2D eigenvalue weighted by molar-refractivity contribution is 6.58. The zero-order valence-electron chi connectivity index (χ0n) is 19.0. The number of allylic oxidation sites excluding steroid dienone is 4. The number of rotatable bonds is 4. The molecule has 0 spiro atoms. The average molecular weight is 490 g/mol. The molecule has 4 aliphatic rings. The molecule has 2 aromatic heterocycles. The Bertz CT molecular complexity index is 1410. The third-order valence-corrected chi connectivity index (χ3v) is 6.21. The molecule has 0 fully saturated rings. The van der Waals surface area contributed by atoms with Gasteiger partial charge in [-0.1, -0.05) is 11.8 Å². The van der Waals surface area contributed by atoms with Gasteiger partial charge < -0.3 is 45.8 Å². The minimum absolute atomic E-state index is 0.296. The van der Waals surface area contributed by atoms with E-state index >= 15 is 0 Å². The van der Waals surface area contributed by atoms with Crippen molar-refractivity contribution < 1.29 is 26.2 Å². The van der Waals surface area contributed by atoms with Gasteiger partial charge in [0.1, 0.15) is 23.8 Å². The van der Waals surface area contributed by atoms with E-state index in [1.807, 2.05) is 0 Å². The van der Waals surface area contributed by atoms with E-state index in [1.54, 1.807) is 48.6 Å². The van der Waals surface area contributed by atoms with Gasteiger partial charge >= 0.3 is 13.9 Å². The molecule has 0 saturated carbocycles. The second kappa shape index (κ2) is 8.58. The topological polar surface area (TPSA) is 39.9 Å². The Morgan fingerprint density at radius 1 is 0.750 bits per heavy atom. The predicted octanol–water partition coefficient (Wildman–Crippen LogP) is 2.54. The monoisotopic (exact) mass is 490 g/mol. The van der Waals surface area contributed by atoms with Crippen molar-refractivity contribution in [2.24, 2.45) is 0 Å². The Morgan fingerprint density at radius 2 is 1.17 bits per heavy atom. The molecule has 36 heavy (non-hydrogen) atoms. The van der Waals surface area contributed by atoms with Crippen LogP contribution in [0.25, 0.3) is 11.4 Å². The van der Waals surface area contributed by atoms with Gasteiger partial charge in [0.25, 0.3) is 0 Å². The van der Waals surface area contributed by atoms with Gasteiger partial charge in [-0.3, -0.25) is 0 Å². The van der Waals surface area contributed by atoms with Crippen LogP contribution in [0.3, 0.4) is 0 Å². The second-order valence-corrected chi connectivity index (χ2v) is 8.24. The molecule has 0 atom stereocenters. The SMILES string of the molecule is C#CCNC1=C2C=CC=[N+]2[B-](F)(F)n2cccc21.C#CCNC1=C2C=CC=[N+]2[B-](F)(F)n2cccc21. The fraction of sp³-hybridized carbons (Fsp3) is 0.0833. The number of aromatic nitrogens is 2. The lowest BCUT2D eigenvalue weighted by molar-refractivity contribution is -0.357. The first kappa shape index (κ1) is 23.2. The summed E-state index contributed by atoms with van der Waals surface area (Å²) in [5.41, 5.74) is 3.11. The summed E-state index contributed by atoms with van der Waals surface area (Å²) in [6.07, 6.45) is 22.5. The maximum Gasteiger partial charge on any atom is 0.737 e. The van der Waals surface area contributed by atoms with E-state index in [-0.39, 0.29) is 0 Å². The van der Waals surface area contributed by atoms with Crippen LogP contribution in [0.1, 0.15) is 11.4 Å². The van der Waals surface area contributed by atoms with Crippen LogP contribution >= 0.6 is 0 Å². The quantitative estimate of drug-likeness (QED) is 0.393. The number of hydrogen-bond donors (Lipinski definition) is 2. The minimum Gasteiger partial charge on any atom is -0.395 e. The van der Waals surface area contributed by atoms with Gasteiger partial charge in [0.2, 0.25) is 0 Å². The van der Waals surface area contributed by atoms with E-state index in [0.29, 0.717) is 47.3 Å². The van der Waals surface area contributed by atoms with E-state index in [1.165, 1.54) is 24.8 Å². The Hall–Kier alpha value is -4.57. The van der Waals surface area contributed by atoms with Crippen LogP contribution in [-0.2, 0) is 0 Å². The van der Waals surface area contributed by atoms with Gasteiger partial charge in [-0.2, -0.15) is 0 Å². The molecule has 0 saturated heterocycles. The minimum atomic E-state index is -3.81. The number of hydrogen-bond acceptors (Lipinski definition) is 2. The van der Waals surface area contributed by atoms with Crippen LogP contribution in [0.4, 0.5) is 17.3 Å². The summed E-state index contributed by atoms with van der Waals surface area (Å²) in [6.45, 7) is -7.04. The number of halogens is 4. The maximum absolute atomic E-state index is 14.3. The van der Waals surface area contributed by atoms with Gasteiger partial charge in [0.05, 0.1) is 13.1 Å². The molecule has 0 radical (unpaired) electrons. The summed E-state index contributed by atoms with van der Waals surface area (Å²) < 4.78 is 61.0. The molecule has 0 aliphatic carbocycles. The lowest BCUT2D eigenvalue weighted by Gasteiger charge is -2.30. The number of nitrogens with zero attached hydrogens (tertiary/aromatic N) is 4. The Balaban J connectivity index is 0.000000148. The third-order valence-electron chi connectivity index (χ3n) is 6.21. The molecule has 6 rings (SSSR count). The summed E-state index contributed by atoms with van der Waals surface area (Å²) in [6, 6.07) is 6.53. The van der Waals surface area contributed by atoms with Crippen LogP contribution < -0.4 is 10.6 Å². The lowest BCUT2D eigenvalue weighted by atomic mass is 9.91. The van der Waals surface area contributed by atoms with Crippen molar-refractivity contribution in [2.75, 3.05) is 13.1 Å². The number of terminal acetylenes is 2. The fourth-order valence-corrected chi connectivity index (χ4v) is 4.68. The van der Waals surface area contributed by atoms with E-state index < -0.39 is 13.9 Å². The van der Waals surface area contributed by atoms with Crippen molar-refractivity contribution in [3.63, 3.8) is 0 Å². The summed E-state index contributed by atoms with van der Waals surface area (Å²) in [5.74, 6) is 4.90. The summed E-state index contributed by atoms with van der Waals surface area (Å²) in [5, 5.41) is 6.02. The summed E-state index contributed by atoms with van der Waals surface area (Å²) in [4.78, 5) is 0. The number of nitrogens with one attached hydrogen (secondary N) is 2. The molecular formula is C24H20B2F4N6. The average Bonchev–Trinajstić information content (AvgIpc) is 3.66. The molecule has 2 aromatic rings. The zero-order chi connectivity index (χ0) is 25.5. The molecule has 0 amide bonds. The number of fused-ring (bicyclic) bond motifs is 4. The molecule has 12 heteroatoms. The van der Waals surface area contributed by atoms with Crippen molar-refractivity contribution >= 4 is 37.8 Å². The molecule has 6 heterocycles. The van der Waals surface area contributed by atoms with Crippen molar-refractivity contribution in [2.45, 2.75) is 0 Å². The largest absolute Gasteiger partial charge is 0.737 e. The Labute approximate surface area is 205 Å². The first-order chi connectivity index (χ1) is 17.3. The molecule has 2 N–H and O–H groups in total. The Morgan fingerprint density at radius 3 is 1.56 bits per heavy atom. The van der Waals surface area contributed by atoms with E-state index in [2.05, 4.69) is 22.5 Å². The van der Waals surface area contributed by atoms with Gasteiger partial charge in [0.15, 0.2) is 11.4 Å². The molecule has 180 valence electrons. The van der Waals surface area contributed by atoms with E-state index in [9.17, 15) is 17.3 Å². The highest BCUT2D eigenvalue weighted by atomic mass is 19.3. The van der Waals surface area contributed by atoms with E-state index in [0.717, 1.165) is 17.9 Å². The van der Waals surface area contributed by atoms with Gasteiger partial charge in [-0.15, -0.1) is 12.8 Å². The van der Waals surface area contributed by atoms with Crippen molar-refractivity contribution in [3.8, 4) is 24.7 Å². The smallest absolute Gasteiger partial charge is 0.395 e. The zero-order valence-corrected chi connectivity index (χ0v) is 19.0. The van der Waals surface area contributed by atoms with Crippen molar-refractivity contribution in [3.05, 3.63) is 83.7 Å². The van der Waals surface area contributed by atoms with Crippen LogP contribution in [0.5, 0.6) is 0 Å². The van der Waals surface area contributed by atoms with Gasteiger partial charge in [0, 0.05) is 35.7 Å². The van der Waals surface area contributed by atoms with Crippen LogP contribution in [0.2, 0.25) is 0 Å². The molecule has 6 nitrogen and oxygen atoms in total. The summed E-state index contributed by atoms with van der Waals surface area (Å²) >= 11 is 0. The molecule has 0 unspecified atom stereocenters. The van der Waals surface area contributed by atoms with Crippen LogP contribution in [0.15, 0.2) is 72.4 Å². The van der Waals surface area contributed by atoms with Gasteiger partial charge in [-0.25, -0.2) is 0 Å². The lowest BCUT2D eigenvalue weighted by Crippen LogP contribution is -2.50. The van der Waals surface area contributed by atoms with Crippen LogP contribution in [-0.4, -0.2) is 57.4 Å². The highest BCUT2D eigenvalue weighted by Crippen LogP contribution is 2.34. The van der Waals surface area contributed by atoms with Gasteiger partial charge in [-0.05, 0) is 36.7 Å². The second-order valence-electron chi connectivity index (χ2n) is 8.24. The van der Waals surface area contributed by atoms with Crippen molar-refractivity contribution in [1.29, 1.82) is 0 Å². The molecule has 0 bridgehead atoms. The normalized spacial score (nSPS) is 19.1. The Kier molecular flexibility index (Phi) is 5.52. The standard InChI is InChI=1S/2C12H10BF2N3/c2*1-2-7-16-12-10-5-3-8-17(10)13(14,15)18-9-4-6-11(12)18/h2*1,3-6,8-9,16H,7H2.